The first-order chi connectivity index (χ1) is 11.1. The highest BCUT2D eigenvalue weighted by Crippen LogP contribution is 2.37. The zero-order valence-corrected chi connectivity index (χ0v) is 13.2. The molecule has 0 fully saturated rings. The van der Waals surface area contributed by atoms with Crippen LogP contribution in [-0.2, 0) is 0 Å². The number of benzene rings is 3. The fourth-order valence-electron chi connectivity index (χ4n) is 2.81. The Balaban J connectivity index is 1.92. The molecule has 0 aromatic heterocycles. The van der Waals surface area contributed by atoms with E-state index >= 15 is 0 Å². The number of carbonyl (C=O) groups is 2. The minimum absolute atomic E-state index is 0.188. The van der Waals surface area contributed by atoms with Crippen molar-refractivity contribution in [3.05, 3.63) is 75.8 Å². The van der Waals surface area contributed by atoms with Gasteiger partial charge in [-0.05, 0) is 35.0 Å². The SMILES string of the molecule is O=C1c2cc3ccccc3cc2C(=O)N1c1cccc(Cl)c1Cl. The Labute approximate surface area is 142 Å². The summed E-state index contributed by atoms with van der Waals surface area (Å²) in [7, 11) is 0. The molecule has 0 spiro atoms. The van der Waals surface area contributed by atoms with Gasteiger partial charge >= 0.3 is 0 Å². The minimum atomic E-state index is -0.389. The monoisotopic (exact) mass is 341 g/mol. The highest BCUT2D eigenvalue weighted by molar-refractivity contribution is 6.46. The third-order valence-corrected chi connectivity index (χ3v) is 4.73. The first kappa shape index (κ1) is 14.2. The standard InChI is InChI=1S/C18H9Cl2NO2/c19-14-6-3-7-15(16(14)20)21-17(22)12-8-10-4-1-2-5-11(10)9-13(12)18(21)23/h1-9H. The molecule has 0 radical (unpaired) electrons. The van der Waals surface area contributed by atoms with Crippen molar-refractivity contribution in [1.29, 1.82) is 0 Å². The van der Waals surface area contributed by atoms with E-state index in [-0.39, 0.29) is 16.8 Å². The van der Waals surface area contributed by atoms with E-state index in [0.29, 0.717) is 21.8 Å². The maximum absolute atomic E-state index is 12.7. The maximum atomic E-state index is 12.7. The molecule has 0 saturated heterocycles. The average molecular weight is 342 g/mol. The summed E-state index contributed by atoms with van der Waals surface area (Å²) in [6, 6.07) is 15.9. The molecule has 3 aromatic carbocycles. The van der Waals surface area contributed by atoms with Gasteiger partial charge in [-0.25, -0.2) is 4.90 Å². The van der Waals surface area contributed by atoms with Gasteiger partial charge in [0.25, 0.3) is 11.8 Å². The molecular weight excluding hydrogens is 333 g/mol. The topological polar surface area (TPSA) is 37.4 Å². The van der Waals surface area contributed by atoms with E-state index in [1.54, 1.807) is 30.3 Å². The first-order valence-electron chi connectivity index (χ1n) is 6.93. The lowest BCUT2D eigenvalue weighted by Gasteiger charge is -2.15. The van der Waals surface area contributed by atoms with Crippen LogP contribution in [0.2, 0.25) is 10.0 Å². The number of anilines is 1. The van der Waals surface area contributed by atoms with Gasteiger partial charge in [0.2, 0.25) is 0 Å². The zero-order valence-electron chi connectivity index (χ0n) is 11.7. The van der Waals surface area contributed by atoms with Gasteiger partial charge in [-0.1, -0.05) is 53.5 Å². The van der Waals surface area contributed by atoms with Crippen molar-refractivity contribution < 1.29 is 9.59 Å². The summed E-state index contributed by atoms with van der Waals surface area (Å²) < 4.78 is 0. The van der Waals surface area contributed by atoms with E-state index in [9.17, 15) is 9.59 Å². The van der Waals surface area contributed by atoms with E-state index < -0.39 is 0 Å². The Hall–Kier alpha value is -2.36. The molecular formula is C18H9Cl2NO2. The molecule has 0 atom stereocenters. The largest absolute Gasteiger partial charge is 0.268 e. The highest BCUT2D eigenvalue weighted by atomic mass is 35.5. The number of fused-ring (bicyclic) bond motifs is 2. The molecule has 0 aliphatic carbocycles. The van der Waals surface area contributed by atoms with Crippen LogP contribution in [-0.4, -0.2) is 11.8 Å². The van der Waals surface area contributed by atoms with E-state index in [0.717, 1.165) is 15.7 Å². The summed E-state index contributed by atoms with van der Waals surface area (Å²) in [4.78, 5) is 26.5. The molecule has 112 valence electrons. The Morgan fingerprint density at radius 2 is 1.30 bits per heavy atom. The summed E-state index contributed by atoms with van der Waals surface area (Å²) in [5.74, 6) is -0.778. The lowest BCUT2D eigenvalue weighted by atomic mass is 10.0. The van der Waals surface area contributed by atoms with Crippen LogP contribution >= 0.6 is 23.2 Å². The van der Waals surface area contributed by atoms with Crippen LogP contribution in [0, 0.1) is 0 Å². The lowest BCUT2D eigenvalue weighted by Crippen LogP contribution is -2.29. The van der Waals surface area contributed by atoms with E-state index in [1.807, 2.05) is 24.3 Å². The number of amides is 2. The van der Waals surface area contributed by atoms with E-state index in [2.05, 4.69) is 0 Å². The minimum Gasteiger partial charge on any atom is -0.268 e. The molecule has 23 heavy (non-hydrogen) atoms. The van der Waals surface area contributed by atoms with Crippen molar-refractivity contribution in [1.82, 2.24) is 0 Å². The molecule has 5 heteroatoms. The number of nitrogens with zero attached hydrogens (tertiary/aromatic N) is 1. The highest BCUT2D eigenvalue weighted by Gasteiger charge is 2.38. The van der Waals surface area contributed by atoms with Crippen molar-refractivity contribution >= 4 is 51.5 Å². The van der Waals surface area contributed by atoms with Gasteiger partial charge in [-0.2, -0.15) is 0 Å². The lowest BCUT2D eigenvalue weighted by molar-refractivity contribution is 0.0926. The molecule has 0 saturated carbocycles. The van der Waals surface area contributed by atoms with Crippen LogP contribution < -0.4 is 4.90 Å². The number of hydrogen-bond donors (Lipinski definition) is 0. The maximum Gasteiger partial charge on any atom is 0.266 e. The molecule has 4 rings (SSSR count). The molecule has 2 amide bonds. The molecule has 0 unspecified atom stereocenters. The predicted molar refractivity (Wildman–Crippen MR) is 91.6 cm³/mol. The van der Waals surface area contributed by atoms with Gasteiger partial charge in [-0.3, -0.25) is 9.59 Å². The fourth-order valence-corrected chi connectivity index (χ4v) is 3.19. The van der Waals surface area contributed by atoms with E-state index in [1.165, 1.54) is 0 Å². The number of hydrogen-bond acceptors (Lipinski definition) is 2. The second-order valence-corrected chi connectivity index (χ2v) is 6.05. The summed E-state index contributed by atoms with van der Waals surface area (Å²) in [6.07, 6.45) is 0. The van der Waals surface area contributed by atoms with Gasteiger partial charge in [0.15, 0.2) is 0 Å². The van der Waals surface area contributed by atoms with Gasteiger partial charge in [-0.15, -0.1) is 0 Å². The Kier molecular flexibility index (Phi) is 3.15. The smallest absolute Gasteiger partial charge is 0.266 e. The normalized spacial score (nSPS) is 13.7. The molecule has 3 aromatic rings. The van der Waals surface area contributed by atoms with Gasteiger partial charge in [0, 0.05) is 0 Å². The van der Waals surface area contributed by atoms with Crippen LogP contribution in [0.25, 0.3) is 10.8 Å². The van der Waals surface area contributed by atoms with Crippen LogP contribution in [0.5, 0.6) is 0 Å². The Bertz CT molecular complexity index is 943. The number of carbonyl (C=O) groups excluding carboxylic acids is 2. The average Bonchev–Trinajstić information content (AvgIpc) is 2.79. The summed E-state index contributed by atoms with van der Waals surface area (Å²) >= 11 is 12.2. The summed E-state index contributed by atoms with van der Waals surface area (Å²) in [5, 5.41) is 2.30. The second-order valence-electron chi connectivity index (χ2n) is 5.26. The van der Waals surface area contributed by atoms with Crippen molar-refractivity contribution in [2.45, 2.75) is 0 Å². The Morgan fingerprint density at radius 3 is 1.87 bits per heavy atom. The first-order valence-corrected chi connectivity index (χ1v) is 7.69. The predicted octanol–water partition coefficient (Wildman–Crippen LogP) is 4.95. The molecule has 1 aliphatic rings. The zero-order chi connectivity index (χ0) is 16.1. The van der Waals surface area contributed by atoms with Crippen molar-refractivity contribution in [3.63, 3.8) is 0 Å². The van der Waals surface area contributed by atoms with Crippen molar-refractivity contribution in [3.8, 4) is 0 Å². The number of rotatable bonds is 1. The third kappa shape index (κ3) is 2.05. The molecule has 3 nitrogen and oxygen atoms in total. The molecule has 1 heterocycles. The quantitative estimate of drug-likeness (QED) is 0.587. The number of imide groups is 1. The molecule has 0 N–H and O–H groups in total. The van der Waals surface area contributed by atoms with Crippen LogP contribution in [0.1, 0.15) is 20.7 Å². The van der Waals surface area contributed by atoms with Crippen LogP contribution in [0.15, 0.2) is 54.6 Å². The summed E-state index contributed by atoms with van der Waals surface area (Å²) in [6.45, 7) is 0. The van der Waals surface area contributed by atoms with Crippen LogP contribution in [0.3, 0.4) is 0 Å². The number of halogens is 2. The third-order valence-electron chi connectivity index (χ3n) is 3.92. The summed E-state index contributed by atoms with van der Waals surface area (Å²) in [5.41, 5.74) is 1.06. The second kappa shape index (κ2) is 5.08. The van der Waals surface area contributed by atoms with Crippen molar-refractivity contribution in [2.24, 2.45) is 0 Å². The Morgan fingerprint density at radius 1 is 0.739 bits per heavy atom. The molecule has 0 bridgehead atoms. The van der Waals surface area contributed by atoms with Gasteiger partial charge in [0.1, 0.15) is 0 Å². The fraction of sp³-hybridized carbons (Fsp3) is 0. The van der Waals surface area contributed by atoms with Gasteiger partial charge < -0.3 is 0 Å². The molecule has 1 aliphatic heterocycles. The van der Waals surface area contributed by atoms with Crippen LogP contribution in [0.4, 0.5) is 5.69 Å². The van der Waals surface area contributed by atoms with Gasteiger partial charge in [0.05, 0.1) is 26.9 Å². The van der Waals surface area contributed by atoms with Crippen molar-refractivity contribution in [2.75, 3.05) is 4.90 Å². The van der Waals surface area contributed by atoms with E-state index in [4.69, 9.17) is 23.2 Å².